The van der Waals surface area contributed by atoms with E-state index in [1.165, 1.54) is 0 Å². The van der Waals surface area contributed by atoms with Crippen LogP contribution in [0.5, 0.6) is 0 Å². The highest BCUT2D eigenvalue weighted by Gasteiger charge is 2.13. The lowest BCUT2D eigenvalue weighted by atomic mass is 10.2. The summed E-state index contributed by atoms with van der Waals surface area (Å²) in [5.41, 5.74) is 2.28. The Bertz CT molecular complexity index is 688. The summed E-state index contributed by atoms with van der Waals surface area (Å²) in [6, 6.07) is 7.54. The SMILES string of the molecule is CCOC(=O)c1ccc2c(c1)nc(SCCC#N)n2CC. The fourth-order valence-corrected chi connectivity index (χ4v) is 2.97. The van der Waals surface area contributed by atoms with Gasteiger partial charge >= 0.3 is 5.97 Å². The van der Waals surface area contributed by atoms with Crippen molar-refractivity contribution in [1.82, 2.24) is 9.55 Å². The topological polar surface area (TPSA) is 67.9 Å². The third kappa shape index (κ3) is 3.37. The van der Waals surface area contributed by atoms with E-state index in [1.807, 2.05) is 6.07 Å². The Balaban J connectivity index is 2.35. The fraction of sp³-hybridized carbons (Fsp3) is 0.400. The van der Waals surface area contributed by atoms with Crippen LogP contribution in [-0.2, 0) is 11.3 Å². The van der Waals surface area contributed by atoms with Crippen LogP contribution in [0.1, 0.15) is 30.6 Å². The van der Waals surface area contributed by atoms with Gasteiger partial charge in [-0.05, 0) is 32.0 Å². The molecule has 0 aliphatic rings. The van der Waals surface area contributed by atoms with Gasteiger partial charge in [0.05, 0.1) is 29.3 Å². The molecule has 1 heterocycles. The van der Waals surface area contributed by atoms with E-state index < -0.39 is 0 Å². The molecule has 1 aromatic carbocycles. The third-order valence-electron chi connectivity index (χ3n) is 2.99. The van der Waals surface area contributed by atoms with Gasteiger partial charge in [-0.15, -0.1) is 0 Å². The zero-order valence-corrected chi connectivity index (χ0v) is 12.9. The number of rotatable bonds is 6. The van der Waals surface area contributed by atoms with Gasteiger partial charge in [-0.3, -0.25) is 0 Å². The van der Waals surface area contributed by atoms with Crippen LogP contribution in [-0.4, -0.2) is 27.9 Å². The number of thioether (sulfide) groups is 1. The molecule has 1 aromatic heterocycles. The molecule has 21 heavy (non-hydrogen) atoms. The lowest BCUT2D eigenvalue weighted by molar-refractivity contribution is 0.0526. The van der Waals surface area contributed by atoms with Gasteiger partial charge in [-0.2, -0.15) is 5.26 Å². The molecule has 0 bridgehead atoms. The molecule has 0 saturated heterocycles. The van der Waals surface area contributed by atoms with Crippen molar-refractivity contribution in [1.29, 1.82) is 5.26 Å². The molecule has 6 heteroatoms. The Morgan fingerprint density at radius 1 is 1.48 bits per heavy atom. The van der Waals surface area contributed by atoms with Crippen molar-refractivity contribution in [3.05, 3.63) is 23.8 Å². The first kappa shape index (κ1) is 15.4. The number of carbonyl (C=O) groups is 1. The van der Waals surface area contributed by atoms with Crippen LogP contribution in [0.2, 0.25) is 0 Å². The van der Waals surface area contributed by atoms with E-state index in [9.17, 15) is 4.79 Å². The van der Waals surface area contributed by atoms with Crippen molar-refractivity contribution >= 4 is 28.8 Å². The van der Waals surface area contributed by atoms with Gasteiger partial charge in [0, 0.05) is 18.7 Å². The zero-order valence-electron chi connectivity index (χ0n) is 12.1. The molecule has 5 nitrogen and oxygen atoms in total. The molecule has 0 radical (unpaired) electrons. The van der Waals surface area contributed by atoms with Crippen LogP contribution >= 0.6 is 11.8 Å². The van der Waals surface area contributed by atoms with Crippen LogP contribution in [0.4, 0.5) is 0 Å². The van der Waals surface area contributed by atoms with Crippen LogP contribution in [0, 0.1) is 11.3 Å². The number of nitrogens with zero attached hydrogens (tertiary/aromatic N) is 3. The zero-order chi connectivity index (χ0) is 15.2. The van der Waals surface area contributed by atoms with Crippen molar-refractivity contribution in [3.63, 3.8) is 0 Å². The summed E-state index contributed by atoms with van der Waals surface area (Å²) in [5.74, 6) is 0.383. The largest absolute Gasteiger partial charge is 0.462 e. The van der Waals surface area contributed by atoms with Gasteiger partial charge in [0.2, 0.25) is 0 Å². The first-order valence-electron chi connectivity index (χ1n) is 6.88. The summed E-state index contributed by atoms with van der Waals surface area (Å²) < 4.78 is 7.09. The predicted octanol–water partition coefficient (Wildman–Crippen LogP) is 3.24. The van der Waals surface area contributed by atoms with Gasteiger partial charge in [-0.1, -0.05) is 11.8 Å². The minimum Gasteiger partial charge on any atom is -0.462 e. The van der Waals surface area contributed by atoms with Gasteiger partial charge in [-0.25, -0.2) is 9.78 Å². The quantitative estimate of drug-likeness (QED) is 0.465. The van der Waals surface area contributed by atoms with E-state index in [4.69, 9.17) is 10.00 Å². The average molecular weight is 303 g/mol. The maximum absolute atomic E-state index is 11.8. The first-order valence-corrected chi connectivity index (χ1v) is 7.87. The Morgan fingerprint density at radius 2 is 2.29 bits per heavy atom. The molecular weight excluding hydrogens is 286 g/mol. The molecular formula is C15H17N3O2S. The van der Waals surface area contributed by atoms with E-state index in [0.717, 1.165) is 22.7 Å². The van der Waals surface area contributed by atoms with Crippen molar-refractivity contribution in [3.8, 4) is 6.07 Å². The summed E-state index contributed by atoms with van der Waals surface area (Å²) in [4.78, 5) is 16.3. The molecule has 0 amide bonds. The van der Waals surface area contributed by atoms with E-state index in [-0.39, 0.29) is 5.97 Å². The van der Waals surface area contributed by atoms with Crippen molar-refractivity contribution in [2.75, 3.05) is 12.4 Å². The molecule has 0 spiro atoms. The van der Waals surface area contributed by atoms with Crippen molar-refractivity contribution in [2.45, 2.75) is 32.0 Å². The van der Waals surface area contributed by atoms with Gasteiger partial charge in [0.15, 0.2) is 5.16 Å². The maximum atomic E-state index is 11.8. The summed E-state index contributed by atoms with van der Waals surface area (Å²) in [7, 11) is 0. The summed E-state index contributed by atoms with van der Waals surface area (Å²) in [5, 5.41) is 9.50. The standard InChI is InChI=1S/C15H17N3O2S/c1-3-18-13-7-6-11(14(19)20-4-2)10-12(13)17-15(18)21-9-5-8-16/h6-7,10H,3-5,9H2,1-2H3. The first-order chi connectivity index (χ1) is 10.2. The maximum Gasteiger partial charge on any atom is 0.338 e. The minimum atomic E-state index is -0.330. The summed E-state index contributed by atoms with van der Waals surface area (Å²) in [6.45, 7) is 4.99. The average Bonchev–Trinajstić information content (AvgIpc) is 2.84. The van der Waals surface area contributed by atoms with E-state index in [1.54, 1.807) is 30.8 Å². The normalized spacial score (nSPS) is 10.5. The van der Waals surface area contributed by atoms with Crippen molar-refractivity contribution < 1.29 is 9.53 Å². The minimum absolute atomic E-state index is 0.330. The molecule has 0 N–H and O–H groups in total. The second-order valence-electron chi connectivity index (χ2n) is 4.32. The number of hydrogen-bond acceptors (Lipinski definition) is 5. The monoisotopic (exact) mass is 303 g/mol. The van der Waals surface area contributed by atoms with E-state index >= 15 is 0 Å². The smallest absolute Gasteiger partial charge is 0.338 e. The molecule has 0 saturated carbocycles. The third-order valence-corrected chi connectivity index (χ3v) is 3.96. The molecule has 0 atom stereocenters. The molecule has 0 aliphatic carbocycles. The number of hydrogen-bond donors (Lipinski definition) is 0. The van der Waals surface area contributed by atoms with Gasteiger partial charge in [0.25, 0.3) is 0 Å². The van der Waals surface area contributed by atoms with E-state index in [0.29, 0.717) is 24.3 Å². The lowest BCUT2D eigenvalue weighted by Crippen LogP contribution is -2.04. The number of fused-ring (bicyclic) bond motifs is 1. The summed E-state index contributed by atoms with van der Waals surface area (Å²) >= 11 is 1.56. The number of ether oxygens (including phenoxy) is 1. The van der Waals surface area contributed by atoms with Gasteiger partial charge in [0.1, 0.15) is 0 Å². The van der Waals surface area contributed by atoms with Crippen LogP contribution in [0.25, 0.3) is 11.0 Å². The Morgan fingerprint density at radius 3 is 2.95 bits per heavy atom. The molecule has 0 fully saturated rings. The Hall–Kier alpha value is -2.00. The van der Waals surface area contributed by atoms with Crippen molar-refractivity contribution in [2.24, 2.45) is 0 Å². The molecule has 2 aromatic rings. The number of aryl methyl sites for hydroxylation is 1. The fourth-order valence-electron chi connectivity index (χ4n) is 2.05. The molecule has 110 valence electrons. The van der Waals surface area contributed by atoms with Crippen LogP contribution in [0.3, 0.4) is 0 Å². The number of nitriles is 1. The van der Waals surface area contributed by atoms with E-state index in [2.05, 4.69) is 22.5 Å². The predicted molar refractivity (Wildman–Crippen MR) is 82.3 cm³/mol. The number of esters is 1. The Kier molecular flexibility index (Phi) is 5.23. The van der Waals surface area contributed by atoms with Gasteiger partial charge < -0.3 is 9.30 Å². The molecule has 0 aliphatic heterocycles. The Labute approximate surface area is 127 Å². The number of carbonyl (C=O) groups excluding carboxylic acids is 1. The second-order valence-corrected chi connectivity index (χ2v) is 5.38. The number of benzene rings is 1. The molecule has 0 unspecified atom stereocenters. The number of imidazole rings is 1. The van der Waals surface area contributed by atoms with Crippen LogP contribution in [0.15, 0.2) is 23.4 Å². The highest BCUT2D eigenvalue weighted by atomic mass is 32.2. The van der Waals surface area contributed by atoms with Crippen LogP contribution < -0.4 is 0 Å². The second kappa shape index (κ2) is 7.14. The number of aromatic nitrogens is 2. The molecule has 2 rings (SSSR count). The summed E-state index contributed by atoms with van der Waals surface area (Å²) in [6.07, 6.45) is 0.492. The highest BCUT2D eigenvalue weighted by Crippen LogP contribution is 2.25. The highest BCUT2D eigenvalue weighted by molar-refractivity contribution is 7.99. The lowest BCUT2D eigenvalue weighted by Gasteiger charge is -2.05.